The Morgan fingerprint density at radius 1 is 0.881 bits per heavy atom. The Morgan fingerprint density at radius 2 is 1.50 bits per heavy atom. The molecule has 0 spiro atoms. The van der Waals surface area contributed by atoms with Gasteiger partial charge in [-0.1, -0.05) is 69.3 Å². The highest BCUT2D eigenvalue weighted by molar-refractivity contribution is 7.92. The molecular formula is C32H41N3O6S. The van der Waals surface area contributed by atoms with E-state index in [-0.39, 0.29) is 29.0 Å². The molecule has 1 N–H and O–H groups in total. The number of nitrogens with zero attached hydrogens (tertiary/aromatic N) is 2. The van der Waals surface area contributed by atoms with Crippen LogP contribution in [0.15, 0.2) is 83.8 Å². The Bertz CT molecular complexity index is 1410. The monoisotopic (exact) mass is 595 g/mol. The molecule has 0 saturated heterocycles. The lowest BCUT2D eigenvalue weighted by atomic mass is 10.1. The number of carbonyl (C=O) groups excluding carboxylic acids is 2. The van der Waals surface area contributed by atoms with Crippen molar-refractivity contribution in [2.24, 2.45) is 5.92 Å². The topological polar surface area (TPSA) is 105 Å². The summed E-state index contributed by atoms with van der Waals surface area (Å²) in [5, 5.41) is 2.94. The molecule has 0 heterocycles. The molecule has 0 saturated carbocycles. The van der Waals surface area contributed by atoms with Gasteiger partial charge in [0.2, 0.25) is 11.8 Å². The minimum Gasteiger partial charge on any atom is -0.493 e. The van der Waals surface area contributed by atoms with Gasteiger partial charge in [-0.25, -0.2) is 8.42 Å². The van der Waals surface area contributed by atoms with Crippen LogP contribution in [-0.2, 0) is 26.0 Å². The molecule has 0 aliphatic carbocycles. The number of hydrogen-bond donors (Lipinski definition) is 1. The van der Waals surface area contributed by atoms with Gasteiger partial charge < -0.3 is 19.7 Å². The first-order chi connectivity index (χ1) is 20.1. The number of ether oxygens (including phenoxy) is 2. The van der Waals surface area contributed by atoms with Crippen molar-refractivity contribution in [1.29, 1.82) is 0 Å². The zero-order chi connectivity index (χ0) is 30.7. The predicted molar refractivity (Wildman–Crippen MR) is 164 cm³/mol. The highest BCUT2D eigenvalue weighted by Gasteiger charge is 2.33. The molecule has 3 aromatic carbocycles. The van der Waals surface area contributed by atoms with Crippen molar-refractivity contribution in [3.63, 3.8) is 0 Å². The van der Waals surface area contributed by atoms with E-state index in [1.54, 1.807) is 30.3 Å². The van der Waals surface area contributed by atoms with Crippen LogP contribution < -0.4 is 19.1 Å². The molecular weight excluding hydrogens is 554 g/mol. The SMILES string of the molecule is CCC(C(=O)NCC(C)C)N(CCc1ccccc1)C(=O)CN(c1ccc(OC)c(OC)c1)S(=O)(=O)c1ccccc1. The first kappa shape index (κ1) is 32.5. The smallest absolute Gasteiger partial charge is 0.264 e. The molecule has 0 aliphatic heterocycles. The van der Waals surface area contributed by atoms with E-state index in [1.807, 2.05) is 51.1 Å². The molecule has 0 radical (unpaired) electrons. The number of amides is 2. The number of carbonyl (C=O) groups is 2. The molecule has 3 rings (SSSR count). The molecule has 2 amide bonds. The summed E-state index contributed by atoms with van der Waals surface area (Å²) in [6.45, 7) is 6.02. The lowest BCUT2D eigenvalue weighted by Crippen LogP contribution is -2.53. The molecule has 0 bridgehead atoms. The maximum atomic E-state index is 14.1. The van der Waals surface area contributed by atoms with Crippen LogP contribution in [0.25, 0.3) is 0 Å². The number of benzene rings is 3. The Kier molecular flexibility index (Phi) is 11.8. The van der Waals surface area contributed by atoms with Gasteiger partial charge in [0.1, 0.15) is 12.6 Å². The molecule has 9 nitrogen and oxygen atoms in total. The van der Waals surface area contributed by atoms with Gasteiger partial charge in [0.25, 0.3) is 10.0 Å². The Morgan fingerprint density at radius 3 is 2.07 bits per heavy atom. The second-order valence-corrected chi connectivity index (χ2v) is 12.1. The lowest BCUT2D eigenvalue weighted by molar-refractivity contribution is -0.139. The number of anilines is 1. The van der Waals surface area contributed by atoms with Crippen molar-refractivity contribution in [2.45, 2.75) is 44.6 Å². The van der Waals surface area contributed by atoms with Crippen LogP contribution in [0.4, 0.5) is 5.69 Å². The zero-order valence-corrected chi connectivity index (χ0v) is 25.8. The van der Waals surface area contributed by atoms with Crippen LogP contribution in [0.5, 0.6) is 11.5 Å². The fourth-order valence-electron chi connectivity index (χ4n) is 4.55. The van der Waals surface area contributed by atoms with Crippen LogP contribution in [-0.4, -0.2) is 65.0 Å². The Hall–Kier alpha value is -4.05. The largest absolute Gasteiger partial charge is 0.493 e. The van der Waals surface area contributed by atoms with Crippen LogP contribution in [0.3, 0.4) is 0 Å². The minimum atomic E-state index is -4.18. The van der Waals surface area contributed by atoms with Gasteiger partial charge >= 0.3 is 0 Å². The summed E-state index contributed by atoms with van der Waals surface area (Å²) < 4.78 is 39.8. The Balaban J connectivity index is 2.04. The first-order valence-corrected chi connectivity index (χ1v) is 15.5. The standard InChI is InChI=1S/C32H41N3O6S/c1-6-28(32(37)33-22-24(2)3)34(20-19-25-13-9-7-10-14-25)31(36)23-35(42(38,39)27-15-11-8-12-16-27)26-17-18-29(40-4)30(21-26)41-5/h7-18,21,24,28H,6,19-20,22-23H2,1-5H3,(H,33,37). The summed E-state index contributed by atoms with van der Waals surface area (Å²) in [6, 6.07) is 21.5. The number of rotatable bonds is 15. The summed E-state index contributed by atoms with van der Waals surface area (Å²) in [5.41, 5.74) is 1.23. The summed E-state index contributed by atoms with van der Waals surface area (Å²) >= 11 is 0. The third kappa shape index (κ3) is 8.25. The van der Waals surface area contributed by atoms with Crippen molar-refractivity contribution < 1.29 is 27.5 Å². The summed E-state index contributed by atoms with van der Waals surface area (Å²) in [7, 11) is -1.24. The third-order valence-corrected chi connectivity index (χ3v) is 8.61. The summed E-state index contributed by atoms with van der Waals surface area (Å²) in [4.78, 5) is 29.0. The summed E-state index contributed by atoms with van der Waals surface area (Å²) in [5.74, 6) is 0.206. The molecule has 10 heteroatoms. The van der Waals surface area contributed by atoms with Gasteiger partial charge in [0, 0.05) is 19.2 Å². The molecule has 0 aromatic heterocycles. The van der Waals surface area contributed by atoms with E-state index in [9.17, 15) is 18.0 Å². The van der Waals surface area contributed by atoms with Crippen molar-refractivity contribution in [2.75, 3.05) is 38.2 Å². The second-order valence-electron chi connectivity index (χ2n) is 10.2. The van der Waals surface area contributed by atoms with E-state index in [0.29, 0.717) is 30.9 Å². The fourth-order valence-corrected chi connectivity index (χ4v) is 5.97. The molecule has 0 fully saturated rings. The van der Waals surface area contributed by atoms with Crippen LogP contribution in [0.1, 0.15) is 32.8 Å². The normalized spacial score (nSPS) is 12.0. The summed E-state index contributed by atoms with van der Waals surface area (Å²) in [6.07, 6.45) is 0.870. The predicted octanol–water partition coefficient (Wildman–Crippen LogP) is 4.52. The molecule has 42 heavy (non-hydrogen) atoms. The molecule has 226 valence electrons. The minimum absolute atomic E-state index is 0.0325. The van der Waals surface area contributed by atoms with Crippen LogP contribution >= 0.6 is 0 Å². The van der Waals surface area contributed by atoms with E-state index < -0.39 is 28.5 Å². The molecule has 0 aliphatic rings. The van der Waals surface area contributed by atoms with E-state index in [1.165, 1.54) is 37.3 Å². The number of nitrogens with one attached hydrogen (secondary N) is 1. The first-order valence-electron chi connectivity index (χ1n) is 14.0. The maximum absolute atomic E-state index is 14.1. The van der Waals surface area contributed by atoms with Gasteiger partial charge in [0.05, 0.1) is 24.8 Å². The lowest BCUT2D eigenvalue weighted by Gasteiger charge is -2.33. The van der Waals surface area contributed by atoms with Crippen molar-refractivity contribution in [1.82, 2.24) is 10.2 Å². The van der Waals surface area contributed by atoms with Crippen molar-refractivity contribution in [3.05, 3.63) is 84.4 Å². The zero-order valence-electron chi connectivity index (χ0n) is 24.9. The third-order valence-electron chi connectivity index (χ3n) is 6.82. The van der Waals surface area contributed by atoms with Gasteiger partial charge in [-0.3, -0.25) is 13.9 Å². The maximum Gasteiger partial charge on any atom is 0.264 e. The van der Waals surface area contributed by atoms with E-state index in [2.05, 4.69) is 5.32 Å². The van der Waals surface area contributed by atoms with Crippen LogP contribution in [0.2, 0.25) is 0 Å². The van der Waals surface area contributed by atoms with Crippen molar-refractivity contribution in [3.8, 4) is 11.5 Å². The quantitative estimate of drug-likeness (QED) is 0.277. The number of methoxy groups -OCH3 is 2. The average Bonchev–Trinajstić information content (AvgIpc) is 3.01. The van der Waals surface area contributed by atoms with Gasteiger partial charge in [-0.2, -0.15) is 0 Å². The van der Waals surface area contributed by atoms with Gasteiger partial charge in [-0.15, -0.1) is 0 Å². The number of sulfonamides is 1. The van der Waals surface area contributed by atoms with E-state index >= 15 is 0 Å². The fraction of sp³-hybridized carbons (Fsp3) is 0.375. The van der Waals surface area contributed by atoms with Crippen molar-refractivity contribution >= 4 is 27.5 Å². The second kappa shape index (κ2) is 15.3. The molecule has 1 unspecified atom stereocenters. The van der Waals surface area contributed by atoms with E-state index in [0.717, 1.165) is 9.87 Å². The highest BCUT2D eigenvalue weighted by Crippen LogP contribution is 2.34. The molecule has 3 aromatic rings. The Labute approximate surface area is 249 Å². The highest BCUT2D eigenvalue weighted by atomic mass is 32.2. The molecule has 1 atom stereocenters. The number of hydrogen-bond acceptors (Lipinski definition) is 6. The van der Waals surface area contributed by atoms with Gasteiger partial charge in [-0.05, 0) is 48.6 Å². The van der Waals surface area contributed by atoms with Gasteiger partial charge in [0.15, 0.2) is 11.5 Å². The average molecular weight is 596 g/mol. The van der Waals surface area contributed by atoms with Crippen LogP contribution in [0, 0.1) is 5.92 Å². The van der Waals surface area contributed by atoms with E-state index in [4.69, 9.17) is 9.47 Å².